The molecule has 0 N–H and O–H groups in total. The summed E-state index contributed by atoms with van der Waals surface area (Å²) in [7, 11) is 0. The minimum atomic E-state index is 0.689. The third kappa shape index (κ3) is 2.31. The Labute approximate surface area is 112 Å². The number of rotatable bonds is 2. The summed E-state index contributed by atoms with van der Waals surface area (Å²) >= 11 is 0. The number of hydrogen-bond acceptors (Lipinski definition) is 2. The van der Waals surface area contributed by atoms with Crippen molar-refractivity contribution in [3.8, 4) is 6.07 Å². The first-order chi connectivity index (χ1) is 9.36. The van der Waals surface area contributed by atoms with E-state index in [-0.39, 0.29) is 0 Å². The third-order valence-corrected chi connectivity index (χ3v) is 3.21. The molecule has 0 unspecified atom stereocenters. The standard InChI is InChI=1S/C17H12N2/c18-12-14-7-5-13(6-8-14)11-17-16-4-2-1-3-15(16)9-10-19-17/h1-10H,11H2. The predicted molar refractivity (Wildman–Crippen MR) is 75.7 cm³/mol. The summed E-state index contributed by atoms with van der Waals surface area (Å²) in [4.78, 5) is 4.48. The first-order valence-electron chi connectivity index (χ1n) is 6.18. The SMILES string of the molecule is N#Cc1ccc(Cc2nccc3ccccc23)cc1. The zero-order valence-electron chi connectivity index (χ0n) is 10.4. The van der Waals surface area contributed by atoms with Gasteiger partial charge < -0.3 is 0 Å². The minimum absolute atomic E-state index is 0.689. The number of fused-ring (bicyclic) bond motifs is 1. The van der Waals surface area contributed by atoms with Crippen molar-refractivity contribution in [1.82, 2.24) is 4.98 Å². The lowest BCUT2D eigenvalue weighted by Gasteiger charge is -2.05. The van der Waals surface area contributed by atoms with Crippen molar-refractivity contribution < 1.29 is 0 Å². The molecule has 2 aromatic carbocycles. The normalized spacial score (nSPS) is 10.3. The maximum atomic E-state index is 8.80. The van der Waals surface area contributed by atoms with Crippen LogP contribution in [0.1, 0.15) is 16.8 Å². The van der Waals surface area contributed by atoms with Gasteiger partial charge in [-0.2, -0.15) is 5.26 Å². The van der Waals surface area contributed by atoms with E-state index in [0.29, 0.717) is 5.56 Å². The number of benzene rings is 2. The van der Waals surface area contributed by atoms with Gasteiger partial charge in [-0.1, -0.05) is 36.4 Å². The first kappa shape index (κ1) is 11.4. The largest absolute Gasteiger partial charge is 0.260 e. The van der Waals surface area contributed by atoms with Crippen molar-refractivity contribution in [2.75, 3.05) is 0 Å². The molecular weight excluding hydrogens is 232 g/mol. The average molecular weight is 244 g/mol. The van der Waals surface area contributed by atoms with E-state index in [0.717, 1.165) is 12.1 Å². The van der Waals surface area contributed by atoms with Crippen LogP contribution in [-0.2, 0) is 6.42 Å². The van der Waals surface area contributed by atoms with E-state index in [4.69, 9.17) is 5.26 Å². The zero-order chi connectivity index (χ0) is 13.1. The van der Waals surface area contributed by atoms with E-state index >= 15 is 0 Å². The molecule has 0 saturated carbocycles. The van der Waals surface area contributed by atoms with Crippen LogP contribution in [0.25, 0.3) is 10.8 Å². The highest BCUT2D eigenvalue weighted by Gasteiger charge is 2.03. The fourth-order valence-electron chi connectivity index (χ4n) is 2.21. The Morgan fingerprint density at radius 3 is 2.53 bits per heavy atom. The van der Waals surface area contributed by atoms with Gasteiger partial charge in [0, 0.05) is 18.0 Å². The highest BCUT2D eigenvalue weighted by atomic mass is 14.7. The van der Waals surface area contributed by atoms with Crippen molar-refractivity contribution in [3.05, 3.63) is 77.6 Å². The molecule has 0 atom stereocenters. The Kier molecular flexibility index (Phi) is 2.96. The number of hydrogen-bond donors (Lipinski definition) is 0. The molecule has 3 aromatic rings. The molecule has 19 heavy (non-hydrogen) atoms. The summed E-state index contributed by atoms with van der Waals surface area (Å²) in [6.45, 7) is 0. The minimum Gasteiger partial charge on any atom is -0.260 e. The predicted octanol–water partition coefficient (Wildman–Crippen LogP) is 3.70. The highest BCUT2D eigenvalue weighted by molar-refractivity contribution is 5.84. The maximum absolute atomic E-state index is 8.80. The Morgan fingerprint density at radius 2 is 1.74 bits per heavy atom. The van der Waals surface area contributed by atoms with Gasteiger partial charge in [-0.05, 0) is 29.1 Å². The van der Waals surface area contributed by atoms with E-state index in [1.807, 2.05) is 48.7 Å². The van der Waals surface area contributed by atoms with Crippen molar-refractivity contribution in [3.63, 3.8) is 0 Å². The van der Waals surface area contributed by atoms with Crippen LogP contribution < -0.4 is 0 Å². The molecule has 1 aromatic heterocycles. The van der Waals surface area contributed by atoms with Crippen LogP contribution in [-0.4, -0.2) is 4.98 Å². The van der Waals surface area contributed by atoms with Gasteiger partial charge in [-0.25, -0.2) is 0 Å². The van der Waals surface area contributed by atoms with E-state index < -0.39 is 0 Å². The lowest BCUT2D eigenvalue weighted by atomic mass is 10.0. The van der Waals surface area contributed by atoms with Gasteiger partial charge in [0.2, 0.25) is 0 Å². The third-order valence-electron chi connectivity index (χ3n) is 3.21. The molecule has 0 aliphatic carbocycles. The van der Waals surface area contributed by atoms with Crippen LogP contribution in [0.5, 0.6) is 0 Å². The summed E-state index contributed by atoms with van der Waals surface area (Å²) in [6, 6.07) is 20.1. The van der Waals surface area contributed by atoms with Gasteiger partial charge in [0.1, 0.15) is 0 Å². The summed E-state index contributed by atoms with van der Waals surface area (Å²) < 4.78 is 0. The van der Waals surface area contributed by atoms with Crippen LogP contribution >= 0.6 is 0 Å². The van der Waals surface area contributed by atoms with Crippen molar-refractivity contribution in [2.24, 2.45) is 0 Å². The van der Waals surface area contributed by atoms with Crippen LogP contribution in [0.3, 0.4) is 0 Å². The average Bonchev–Trinajstić information content (AvgIpc) is 2.48. The van der Waals surface area contributed by atoms with E-state index in [1.165, 1.54) is 16.3 Å². The highest BCUT2D eigenvalue weighted by Crippen LogP contribution is 2.19. The molecular formula is C17H12N2. The molecule has 2 heteroatoms. The van der Waals surface area contributed by atoms with Gasteiger partial charge in [0.15, 0.2) is 0 Å². The lowest BCUT2D eigenvalue weighted by Crippen LogP contribution is -1.93. The Hall–Kier alpha value is -2.66. The fraction of sp³-hybridized carbons (Fsp3) is 0.0588. The molecule has 0 bridgehead atoms. The molecule has 0 radical (unpaired) electrons. The smallest absolute Gasteiger partial charge is 0.0991 e. The second-order valence-electron chi connectivity index (χ2n) is 4.46. The Balaban J connectivity index is 1.99. The number of nitriles is 1. The molecule has 2 nitrogen and oxygen atoms in total. The summed E-state index contributed by atoms with van der Waals surface area (Å²) in [5.74, 6) is 0. The Morgan fingerprint density at radius 1 is 0.947 bits per heavy atom. The van der Waals surface area contributed by atoms with Crippen LogP contribution in [0, 0.1) is 11.3 Å². The zero-order valence-corrected chi connectivity index (χ0v) is 10.4. The molecule has 0 fully saturated rings. The summed E-state index contributed by atoms with van der Waals surface area (Å²) in [6.07, 6.45) is 2.63. The van der Waals surface area contributed by atoms with Gasteiger partial charge in [0.25, 0.3) is 0 Å². The van der Waals surface area contributed by atoms with Gasteiger partial charge in [-0.3, -0.25) is 4.98 Å². The molecule has 0 aliphatic heterocycles. The molecule has 0 amide bonds. The molecule has 90 valence electrons. The Bertz CT molecular complexity index is 747. The van der Waals surface area contributed by atoms with E-state index in [1.54, 1.807) is 0 Å². The first-order valence-corrected chi connectivity index (χ1v) is 6.18. The van der Waals surface area contributed by atoms with E-state index in [2.05, 4.69) is 23.2 Å². The topological polar surface area (TPSA) is 36.7 Å². The second kappa shape index (κ2) is 4.91. The number of nitrogens with zero attached hydrogens (tertiary/aromatic N) is 2. The molecule has 0 spiro atoms. The summed E-state index contributed by atoms with van der Waals surface area (Å²) in [5.41, 5.74) is 2.93. The number of pyridine rings is 1. The van der Waals surface area contributed by atoms with Gasteiger partial charge >= 0.3 is 0 Å². The van der Waals surface area contributed by atoms with Crippen molar-refractivity contribution in [1.29, 1.82) is 5.26 Å². The van der Waals surface area contributed by atoms with Gasteiger partial charge in [-0.15, -0.1) is 0 Å². The molecule has 0 saturated heterocycles. The molecule has 0 aliphatic rings. The maximum Gasteiger partial charge on any atom is 0.0991 e. The fourth-order valence-corrected chi connectivity index (χ4v) is 2.21. The lowest BCUT2D eigenvalue weighted by molar-refractivity contribution is 1.10. The van der Waals surface area contributed by atoms with E-state index in [9.17, 15) is 0 Å². The van der Waals surface area contributed by atoms with Crippen LogP contribution in [0.2, 0.25) is 0 Å². The van der Waals surface area contributed by atoms with Crippen molar-refractivity contribution >= 4 is 10.8 Å². The van der Waals surface area contributed by atoms with Crippen LogP contribution in [0.15, 0.2) is 60.8 Å². The summed E-state index contributed by atoms with van der Waals surface area (Å²) in [5, 5.41) is 11.2. The van der Waals surface area contributed by atoms with Crippen molar-refractivity contribution in [2.45, 2.75) is 6.42 Å². The molecule has 1 heterocycles. The number of aromatic nitrogens is 1. The quantitative estimate of drug-likeness (QED) is 0.689. The second-order valence-corrected chi connectivity index (χ2v) is 4.46. The van der Waals surface area contributed by atoms with Crippen LogP contribution in [0.4, 0.5) is 0 Å². The monoisotopic (exact) mass is 244 g/mol. The van der Waals surface area contributed by atoms with Gasteiger partial charge in [0.05, 0.1) is 17.3 Å². The molecule has 3 rings (SSSR count).